The Morgan fingerprint density at radius 2 is 0.891 bits per heavy atom. The van der Waals surface area contributed by atoms with Crippen LogP contribution in [0.15, 0.2) is 205 Å². The van der Waals surface area contributed by atoms with E-state index in [1.54, 1.807) is 0 Å². The maximum atomic E-state index is 6.57. The summed E-state index contributed by atoms with van der Waals surface area (Å²) >= 11 is 0. The molecule has 10 aromatic rings. The molecule has 0 aliphatic rings. The zero-order chi connectivity index (χ0) is 36.6. The summed E-state index contributed by atoms with van der Waals surface area (Å²) in [6.07, 6.45) is 1.83. The van der Waals surface area contributed by atoms with Gasteiger partial charge in [-0.1, -0.05) is 152 Å². The summed E-state index contributed by atoms with van der Waals surface area (Å²) in [4.78, 5) is 15.2. The summed E-state index contributed by atoms with van der Waals surface area (Å²) in [7, 11) is 0. The lowest BCUT2D eigenvalue weighted by atomic mass is 9.92. The number of rotatable bonds is 7. The van der Waals surface area contributed by atoms with E-state index in [2.05, 4.69) is 133 Å². The molecule has 0 spiro atoms. The van der Waals surface area contributed by atoms with Crippen LogP contribution in [0.3, 0.4) is 0 Å². The number of aromatic nitrogens is 3. The van der Waals surface area contributed by atoms with Gasteiger partial charge in [0.05, 0.1) is 17.1 Å². The minimum Gasteiger partial charge on any atom is -0.455 e. The largest absolute Gasteiger partial charge is 0.455 e. The number of furan rings is 1. The van der Waals surface area contributed by atoms with E-state index in [1.807, 2.05) is 66.9 Å². The Hall–Kier alpha value is -7.43. The van der Waals surface area contributed by atoms with Crippen LogP contribution in [-0.2, 0) is 0 Å². The van der Waals surface area contributed by atoms with Crippen molar-refractivity contribution in [2.75, 3.05) is 0 Å². The number of nitrogens with zero attached hydrogens (tertiary/aromatic N) is 3. The molecular weight excluding hydrogens is 671 g/mol. The Kier molecular flexibility index (Phi) is 8.12. The van der Waals surface area contributed by atoms with Gasteiger partial charge in [0.1, 0.15) is 11.2 Å². The molecule has 7 aromatic carbocycles. The summed E-state index contributed by atoms with van der Waals surface area (Å²) in [5.41, 5.74) is 14.8. The highest BCUT2D eigenvalue weighted by atomic mass is 16.3. The molecule has 0 amide bonds. The van der Waals surface area contributed by atoms with Crippen LogP contribution in [-0.4, -0.2) is 15.0 Å². The molecule has 0 aliphatic carbocycles. The van der Waals surface area contributed by atoms with Gasteiger partial charge in [-0.15, -0.1) is 0 Å². The lowest BCUT2D eigenvalue weighted by molar-refractivity contribution is 0.670. The maximum absolute atomic E-state index is 6.57. The topological polar surface area (TPSA) is 51.8 Å². The Morgan fingerprint density at radius 3 is 1.65 bits per heavy atom. The quantitative estimate of drug-likeness (QED) is 0.166. The lowest BCUT2D eigenvalue weighted by Crippen LogP contribution is -1.98. The van der Waals surface area contributed by atoms with E-state index in [0.717, 1.165) is 83.5 Å². The number of benzene rings is 7. The minimum atomic E-state index is 0.655. The first-order valence-corrected chi connectivity index (χ1v) is 18.4. The van der Waals surface area contributed by atoms with Crippen molar-refractivity contribution in [3.8, 4) is 78.5 Å². The van der Waals surface area contributed by atoms with Gasteiger partial charge in [0.2, 0.25) is 0 Å². The van der Waals surface area contributed by atoms with Gasteiger partial charge < -0.3 is 4.42 Å². The molecule has 4 nitrogen and oxygen atoms in total. The van der Waals surface area contributed by atoms with E-state index < -0.39 is 0 Å². The molecule has 0 saturated carbocycles. The third-order valence-electron chi connectivity index (χ3n) is 10.2. The fourth-order valence-corrected chi connectivity index (χ4v) is 7.46. The molecule has 4 heteroatoms. The van der Waals surface area contributed by atoms with Crippen LogP contribution in [0.2, 0.25) is 0 Å². The summed E-state index contributed by atoms with van der Waals surface area (Å²) in [6, 6.07) is 67.3. The van der Waals surface area contributed by atoms with Crippen LogP contribution in [0.1, 0.15) is 0 Å². The molecule has 3 heterocycles. The van der Waals surface area contributed by atoms with Gasteiger partial charge in [0.15, 0.2) is 5.82 Å². The van der Waals surface area contributed by atoms with Crippen LogP contribution >= 0.6 is 0 Å². The van der Waals surface area contributed by atoms with Crippen LogP contribution < -0.4 is 0 Å². The van der Waals surface area contributed by atoms with Gasteiger partial charge in [0, 0.05) is 44.8 Å². The Bertz CT molecular complexity index is 2950. The molecule has 0 bridgehead atoms. The van der Waals surface area contributed by atoms with Gasteiger partial charge in [-0.2, -0.15) is 0 Å². The van der Waals surface area contributed by atoms with Crippen LogP contribution in [0.5, 0.6) is 0 Å². The predicted molar refractivity (Wildman–Crippen MR) is 225 cm³/mol. The predicted octanol–water partition coefficient (Wildman–Crippen LogP) is 13.4. The number of hydrogen-bond acceptors (Lipinski definition) is 4. The zero-order valence-electron chi connectivity index (χ0n) is 29.8. The second kappa shape index (κ2) is 13.8. The second-order valence-corrected chi connectivity index (χ2v) is 13.6. The summed E-state index contributed by atoms with van der Waals surface area (Å²) in [5, 5.41) is 2.20. The molecule has 0 unspecified atom stereocenters. The van der Waals surface area contributed by atoms with E-state index in [-0.39, 0.29) is 0 Å². The summed E-state index contributed by atoms with van der Waals surface area (Å²) in [5.74, 6) is 0.655. The SMILES string of the molecule is c1ccc(-c2ccc(-c3cc(-c4cc(-c5ccccc5-c5ccccn5)nc(-c5ccccc5)n4)cc(-c4cccc5c4oc4ccccc45)c3)cc2)cc1. The molecule has 0 atom stereocenters. The van der Waals surface area contributed by atoms with Gasteiger partial charge in [0.25, 0.3) is 0 Å². The molecule has 0 aliphatic heterocycles. The maximum Gasteiger partial charge on any atom is 0.160 e. The van der Waals surface area contributed by atoms with E-state index >= 15 is 0 Å². The standard InChI is InChI=1S/C51H33N3O/c1-3-14-34(15-4-1)35-25-27-36(28-26-35)38-30-39(41-21-13-22-45-44-20-9-10-24-49(44)55-50(41)45)32-40(31-38)47-33-48(54-51(53-47)37-16-5-2-6-17-37)43-19-8-7-18-42(43)46-23-11-12-29-52-46/h1-33H. The third kappa shape index (κ3) is 6.16. The van der Waals surface area contributed by atoms with Crippen molar-refractivity contribution in [3.05, 3.63) is 200 Å². The van der Waals surface area contributed by atoms with Crippen molar-refractivity contribution in [2.24, 2.45) is 0 Å². The smallest absolute Gasteiger partial charge is 0.160 e. The Morgan fingerprint density at radius 1 is 0.327 bits per heavy atom. The molecular formula is C51H33N3O. The number of para-hydroxylation sites is 2. The molecule has 55 heavy (non-hydrogen) atoms. The Labute approximate surface area is 319 Å². The highest BCUT2D eigenvalue weighted by Crippen LogP contribution is 2.40. The molecule has 0 N–H and O–H groups in total. The molecule has 10 rings (SSSR count). The van der Waals surface area contributed by atoms with Crippen molar-refractivity contribution < 1.29 is 4.42 Å². The summed E-state index contributed by atoms with van der Waals surface area (Å²) in [6.45, 7) is 0. The highest BCUT2D eigenvalue weighted by molar-refractivity contribution is 6.09. The van der Waals surface area contributed by atoms with Crippen molar-refractivity contribution in [3.63, 3.8) is 0 Å². The first-order valence-electron chi connectivity index (χ1n) is 18.4. The van der Waals surface area contributed by atoms with E-state index in [4.69, 9.17) is 19.4 Å². The second-order valence-electron chi connectivity index (χ2n) is 13.6. The normalized spacial score (nSPS) is 11.3. The average molecular weight is 704 g/mol. The molecule has 0 radical (unpaired) electrons. The average Bonchev–Trinajstić information content (AvgIpc) is 3.66. The van der Waals surface area contributed by atoms with Crippen molar-refractivity contribution in [1.29, 1.82) is 0 Å². The van der Waals surface area contributed by atoms with Crippen LogP contribution in [0.4, 0.5) is 0 Å². The lowest BCUT2D eigenvalue weighted by Gasteiger charge is -2.15. The van der Waals surface area contributed by atoms with Crippen LogP contribution in [0.25, 0.3) is 100 Å². The van der Waals surface area contributed by atoms with Gasteiger partial charge in [-0.25, -0.2) is 9.97 Å². The number of pyridine rings is 1. The Balaban J connectivity index is 1.20. The minimum absolute atomic E-state index is 0.655. The van der Waals surface area contributed by atoms with E-state index in [9.17, 15) is 0 Å². The molecule has 0 saturated heterocycles. The molecule has 0 fully saturated rings. The summed E-state index contributed by atoms with van der Waals surface area (Å²) < 4.78 is 6.57. The first kappa shape index (κ1) is 32.2. The van der Waals surface area contributed by atoms with Crippen molar-refractivity contribution >= 4 is 21.9 Å². The van der Waals surface area contributed by atoms with Gasteiger partial charge >= 0.3 is 0 Å². The fraction of sp³-hybridized carbons (Fsp3) is 0. The zero-order valence-corrected chi connectivity index (χ0v) is 29.8. The van der Waals surface area contributed by atoms with E-state index in [0.29, 0.717) is 5.82 Å². The third-order valence-corrected chi connectivity index (χ3v) is 10.2. The van der Waals surface area contributed by atoms with Gasteiger partial charge in [-0.05, 0) is 70.3 Å². The highest BCUT2D eigenvalue weighted by Gasteiger charge is 2.18. The van der Waals surface area contributed by atoms with Gasteiger partial charge in [-0.3, -0.25) is 4.98 Å². The number of fused-ring (bicyclic) bond motifs is 3. The molecule has 3 aromatic heterocycles. The van der Waals surface area contributed by atoms with Crippen molar-refractivity contribution in [1.82, 2.24) is 15.0 Å². The molecule has 258 valence electrons. The number of hydrogen-bond donors (Lipinski definition) is 0. The first-order chi connectivity index (χ1) is 27.2. The van der Waals surface area contributed by atoms with Crippen molar-refractivity contribution in [2.45, 2.75) is 0 Å². The monoisotopic (exact) mass is 703 g/mol. The van der Waals surface area contributed by atoms with Crippen LogP contribution in [0, 0.1) is 0 Å². The fourth-order valence-electron chi connectivity index (χ4n) is 7.46. The van der Waals surface area contributed by atoms with E-state index in [1.165, 1.54) is 11.1 Å².